The summed E-state index contributed by atoms with van der Waals surface area (Å²) in [5, 5.41) is 0.978. The van der Waals surface area contributed by atoms with E-state index in [1.54, 1.807) is 18.2 Å². The number of hydrogen-bond donors (Lipinski definition) is 0. The van der Waals surface area contributed by atoms with Gasteiger partial charge in [0.25, 0.3) is 0 Å². The smallest absolute Gasteiger partial charge is 0.169 e. The van der Waals surface area contributed by atoms with E-state index in [1.165, 1.54) is 19.1 Å². The Morgan fingerprint density at radius 2 is 1.33 bits per heavy atom. The fourth-order valence-electron chi connectivity index (χ4n) is 2.27. The third-order valence-corrected chi connectivity index (χ3v) is 5.16. The summed E-state index contributed by atoms with van der Waals surface area (Å²) in [5.41, 5.74) is -0.793. The molecule has 7 heteroatoms. The van der Waals surface area contributed by atoms with Crippen LogP contribution in [0.15, 0.2) is 36.4 Å². The quantitative estimate of drug-likeness (QED) is 0.307. The van der Waals surface area contributed by atoms with E-state index in [2.05, 4.69) is 0 Å². The third kappa shape index (κ3) is 2.49. The Morgan fingerprint density at radius 1 is 0.810 bits per heavy atom. The van der Waals surface area contributed by atoms with Gasteiger partial charge in [-0.1, -0.05) is 59.0 Å². The van der Waals surface area contributed by atoms with Gasteiger partial charge in [-0.3, -0.25) is 0 Å². The summed E-state index contributed by atoms with van der Waals surface area (Å²) in [4.78, 5) is 0. The summed E-state index contributed by atoms with van der Waals surface area (Å²) < 4.78 is 74.9. The summed E-state index contributed by atoms with van der Waals surface area (Å²) in [7, 11) is 0. The highest BCUT2D eigenvalue weighted by atomic mass is 127. The van der Waals surface area contributed by atoms with Crippen molar-refractivity contribution >= 4 is 33.4 Å². The molecule has 0 nitrogen and oxygen atoms in total. The number of rotatable bonds is 1. The minimum absolute atomic E-state index is 0.0165. The minimum Gasteiger partial charge on any atom is -0.169 e. The molecule has 0 aromatic heterocycles. The molecule has 0 aliphatic heterocycles. The van der Waals surface area contributed by atoms with Crippen molar-refractivity contribution in [3.05, 3.63) is 47.5 Å². The molecule has 2 rings (SSSR count). The zero-order valence-electron chi connectivity index (χ0n) is 10.6. The van der Waals surface area contributed by atoms with Gasteiger partial charge in [-0.25, -0.2) is 0 Å². The van der Waals surface area contributed by atoms with Gasteiger partial charge >= 0.3 is 12.4 Å². The van der Waals surface area contributed by atoms with Gasteiger partial charge in [0.05, 0.1) is 0 Å². The van der Waals surface area contributed by atoms with Crippen molar-refractivity contribution in [3.63, 3.8) is 0 Å². The topological polar surface area (TPSA) is 0 Å². The Morgan fingerprint density at radius 3 is 1.86 bits per heavy atom. The molecule has 2 aromatic rings. The van der Waals surface area contributed by atoms with Gasteiger partial charge in [0, 0.05) is 0 Å². The zero-order valence-corrected chi connectivity index (χ0v) is 12.8. The standard InChI is InChI=1S/C14H9F6I/c1-8-10-5-3-2-4-9(10)6-7-11(8)12(21,13(15,16)17)14(18,19)20/h2-7H,1H3. The number of aryl methyl sites for hydroxylation is 1. The SMILES string of the molecule is Cc1c(C(I)(C(F)(F)F)C(F)(F)F)ccc2ccccc12. The van der Waals surface area contributed by atoms with Crippen LogP contribution in [0.2, 0.25) is 0 Å². The summed E-state index contributed by atoms with van der Waals surface area (Å²) in [5.74, 6) is 0. The monoisotopic (exact) mass is 418 g/mol. The number of hydrogen-bond acceptors (Lipinski definition) is 0. The van der Waals surface area contributed by atoms with E-state index in [4.69, 9.17) is 0 Å². The van der Waals surface area contributed by atoms with Crippen LogP contribution in [-0.2, 0) is 3.42 Å². The fraction of sp³-hybridized carbons (Fsp3) is 0.286. The van der Waals surface area contributed by atoms with Crippen LogP contribution < -0.4 is 0 Å². The summed E-state index contributed by atoms with van der Waals surface area (Å²) in [6.07, 6.45) is -10.9. The van der Waals surface area contributed by atoms with Gasteiger partial charge in [-0.15, -0.1) is 0 Å². The molecule has 0 amide bonds. The van der Waals surface area contributed by atoms with Gasteiger partial charge in [-0.2, -0.15) is 26.3 Å². The summed E-state index contributed by atoms with van der Waals surface area (Å²) in [6, 6.07) is 8.59. The molecule has 0 aliphatic carbocycles. The van der Waals surface area contributed by atoms with E-state index in [0.717, 1.165) is 6.07 Å². The van der Waals surface area contributed by atoms with Crippen LogP contribution in [0, 0.1) is 6.92 Å². The Bertz CT molecular complexity index is 657. The Hall–Kier alpha value is -0.990. The van der Waals surface area contributed by atoms with Crippen molar-refractivity contribution in [1.82, 2.24) is 0 Å². The predicted octanol–water partition coefficient (Wildman–Crippen LogP) is 5.90. The molecular formula is C14H9F6I. The molecule has 0 aliphatic rings. The third-order valence-electron chi connectivity index (χ3n) is 3.35. The first kappa shape index (κ1) is 16.4. The first-order valence-corrected chi connectivity index (χ1v) is 6.89. The van der Waals surface area contributed by atoms with Gasteiger partial charge in [0.15, 0.2) is 0 Å². The Labute approximate surface area is 130 Å². The highest BCUT2D eigenvalue weighted by Crippen LogP contribution is 2.57. The number of fused-ring (bicyclic) bond motifs is 1. The molecule has 0 fully saturated rings. The first-order chi connectivity index (χ1) is 9.50. The van der Waals surface area contributed by atoms with Crippen molar-refractivity contribution < 1.29 is 26.3 Å². The van der Waals surface area contributed by atoms with Crippen LogP contribution in [0.25, 0.3) is 10.8 Å². The van der Waals surface area contributed by atoms with Crippen LogP contribution in [0.4, 0.5) is 26.3 Å². The highest BCUT2D eigenvalue weighted by Gasteiger charge is 2.70. The second kappa shape index (κ2) is 5.03. The number of halogens is 7. The van der Waals surface area contributed by atoms with E-state index >= 15 is 0 Å². The second-order valence-electron chi connectivity index (χ2n) is 4.61. The van der Waals surface area contributed by atoms with Gasteiger partial charge in [0.1, 0.15) is 0 Å². The lowest BCUT2D eigenvalue weighted by molar-refractivity contribution is -0.261. The average molecular weight is 418 g/mol. The lowest BCUT2D eigenvalue weighted by Gasteiger charge is -2.34. The molecule has 21 heavy (non-hydrogen) atoms. The highest BCUT2D eigenvalue weighted by molar-refractivity contribution is 14.1. The minimum atomic E-state index is -5.45. The van der Waals surface area contributed by atoms with E-state index in [-0.39, 0.29) is 5.56 Å². The van der Waals surface area contributed by atoms with Crippen LogP contribution in [0.1, 0.15) is 11.1 Å². The predicted molar refractivity (Wildman–Crippen MR) is 76.5 cm³/mol. The Kier molecular flexibility index (Phi) is 3.92. The molecular weight excluding hydrogens is 409 g/mol. The summed E-state index contributed by atoms with van der Waals surface area (Å²) >= 11 is 0.462. The molecule has 0 saturated carbocycles. The molecule has 0 spiro atoms. The van der Waals surface area contributed by atoms with Gasteiger partial charge in [0.2, 0.25) is 3.42 Å². The van der Waals surface area contributed by atoms with Crippen molar-refractivity contribution in [1.29, 1.82) is 0 Å². The van der Waals surface area contributed by atoms with Crippen molar-refractivity contribution in [2.75, 3.05) is 0 Å². The van der Waals surface area contributed by atoms with Crippen LogP contribution in [-0.4, -0.2) is 12.4 Å². The lowest BCUT2D eigenvalue weighted by Crippen LogP contribution is -2.49. The molecule has 0 bridgehead atoms. The molecule has 0 saturated heterocycles. The van der Waals surface area contributed by atoms with Crippen LogP contribution in [0.5, 0.6) is 0 Å². The van der Waals surface area contributed by atoms with Crippen LogP contribution >= 0.6 is 22.6 Å². The van der Waals surface area contributed by atoms with Gasteiger partial charge < -0.3 is 0 Å². The first-order valence-electron chi connectivity index (χ1n) is 5.81. The van der Waals surface area contributed by atoms with Crippen LogP contribution in [0.3, 0.4) is 0 Å². The number of benzene rings is 2. The molecule has 0 unspecified atom stereocenters. The molecule has 2 aromatic carbocycles. The van der Waals surface area contributed by atoms with E-state index in [0.29, 0.717) is 33.4 Å². The number of alkyl halides is 7. The molecule has 0 N–H and O–H groups in total. The lowest BCUT2D eigenvalue weighted by atomic mass is 9.90. The maximum atomic E-state index is 13.1. The molecule has 114 valence electrons. The molecule has 0 heterocycles. The van der Waals surface area contributed by atoms with Gasteiger partial charge in [-0.05, 0) is 28.8 Å². The van der Waals surface area contributed by atoms with Crippen molar-refractivity contribution in [2.24, 2.45) is 0 Å². The fourth-order valence-corrected chi connectivity index (χ4v) is 2.85. The molecule has 0 atom stereocenters. The second-order valence-corrected chi connectivity index (χ2v) is 6.23. The maximum absolute atomic E-state index is 13.1. The average Bonchev–Trinajstić information content (AvgIpc) is 2.36. The van der Waals surface area contributed by atoms with Crippen molar-refractivity contribution in [2.45, 2.75) is 22.7 Å². The van der Waals surface area contributed by atoms with E-state index in [9.17, 15) is 26.3 Å². The van der Waals surface area contributed by atoms with E-state index in [1.807, 2.05) is 0 Å². The zero-order chi connectivity index (χ0) is 16.1. The normalized spacial score (nSPS) is 13.7. The van der Waals surface area contributed by atoms with Crippen molar-refractivity contribution in [3.8, 4) is 0 Å². The maximum Gasteiger partial charge on any atom is 0.416 e. The molecule has 0 radical (unpaired) electrons. The largest absolute Gasteiger partial charge is 0.416 e. The summed E-state index contributed by atoms with van der Waals surface area (Å²) in [6.45, 7) is 1.28. The van der Waals surface area contributed by atoms with E-state index < -0.39 is 21.3 Å². The Balaban J connectivity index is 2.82.